The average Bonchev–Trinajstić information content (AvgIpc) is 2.44. The van der Waals surface area contributed by atoms with Gasteiger partial charge in [-0.25, -0.2) is 4.98 Å². The van der Waals surface area contributed by atoms with Crippen molar-refractivity contribution >= 4 is 37.5 Å². The number of hydrogen-bond acceptors (Lipinski definition) is 4. The Morgan fingerprint density at radius 3 is 2.50 bits per heavy atom. The van der Waals surface area contributed by atoms with Gasteiger partial charge in [0.15, 0.2) is 0 Å². The monoisotopic (exact) mass is 400 g/mol. The van der Waals surface area contributed by atoms with Gasteiger partial charge in [0.05, 0.1) is 27.4 Å². The number of nitrogens with zero attached hydrogens (tertiary/aromatic N) is 1. The van der Waals surface area contributed by atoms with Gasteiger partial charge in [0.1, 0.15) is 5.75 Å². The van der Waals surface area contributed by atoms with Gasteiger partial charge in [-0.15, -0.1) is 0 Å². The van der Waals surface area contributed by atoms with Crippen molar-refractivity contribution in [1.29, 1.82) is 0 Å². The van der Waals surface area contributed by atoms with Crippen molar-refractivity contribution in [3.63, 3.8) is 0 Å². The Balaban J connectivity index is 2.01. The van der Waals surface area contributed by atoms with Crippen LogP contribution >= 0.6 is 31.9 Å². The van der Waals surface area contributed by atoms with E-state index in [9.17, 15) is 5.11 Å². The van der Waals surface area contributed by atoms with Crippen LogP contribution in [0.5, 0.6) is 11.6 Å². The Labute approximate surface area is 134 Å². The van der Waals surface area contributed by atoms with Gasteiger partial charge in [-0.05, 0) is 62.5 Å². The van der Waals surface area contributed by atoms with Crippen LogP contribution in [0.15, 0.2) is 39.4 Å². The fourth-order valence-corrected chi connectivity index (χ4v) is 2.92. The summed E-state index contributed by atoms with van der Waals surface area (Å²) in [6.07, 6.45) is 1.73. The molecule has 0 aliphatic heterocycles. The summed E-state index contributed by atoms with van der Waals surface area (Å²) in [7, 11) is 0. The van der Waals surface area contributed by atoms with Gasteiger partial charge < -0.3 is 15.2 Å². The van der Waals surface area contributed by atoms with Crippen molar-refractivity contribution in [3.05, 3.63) is 45.0 Å². The lowest BCUT2D eigenvalue weighted by Crippen LogP contribution is -2.01. The van der Waals surface area contributed by atoms with Gasteiger partial charge in [0.25, 0.3) is 0 Å². The third-order valence-corrected chi connectivity index (χ3v) is 3.81. The summed E-state index contributed by atoms with van der Waals surface area (Å²) in [5.41, 5.74) is 1.95. The van der Waals surface area contributed by atoms with Crippen LogP contribution < -0.4 is 10.1 Å². The predicted octanol–water partition coefficient (Wildman–Crippen LogP) is 4.32. The standard InChI is InChI=1S/C14H14Br2N2O2/c1-2-20-13-4-3-10(8-18-13)17-7-9-5-11(15)14(19)12(16)6-9/h3-6,8,17,19H,2,7H2,1H3. The van der Waals surface area contributed by atoms with Crippen LogP contribution in [0, 0.1) is 0 Å². The van der Waals surface area contributed by atoms with E-state index in [1.807, 2.05) is 31.2 Å². The minimum atomic E-state index is 0.205. The number of hydrogen-bond donors (Lipinski definition) is 2. The molecule has 0 amide bonds. The molecule has 1 aromatic heterocycles. The fraction of sp³-hybridized carbons (Fsp3) is 0.214. The summed E-state index contributed by atoms with van der Waals surface area (Å²) in [6, 6.07) is 7.49. The maximum atomic E-state index is 9.66. The van der Waals surface area contributed by atoms with E-state index >= 15 is 0 Å². The highest BCUT2D eigenvalue weighted by Gasteiger charge is 2.06. The molecule has 20 heavy (non-hydrogen) atoms. The van der Waals surface area contributed by atoms with Gasteiger partial charge in [-0.3, -0.25) is 0 Å². The molecular weight excluding hydrogens is 388 g/mol. The first-order chi connectivity index (χ1) is 9.60. The number of ether oxygens (including phenoxy) is 1. The van der Waals surface area contributed by atoms with Crippen LogP contribution in [-0.2, 0) is 6.54 Å². The molecule has 2 aromatic rings. The number of aromatic nitrogens is 1. The molecule has 4 nitrogen and oxygen atoms in total. The minimum Gasteiger partial charge on any atom is -0.506 e. The highest BCUT2D eigenvalue weighted by Crippen LogP contribution is 2.33. The highest BCUT2D eigenvalue weighted by atomic mass is 79.9. The Kier molecular flexibility index (Phi) is 5.25. The first-order valence-electron chi connectivity index (χ1n) is 6.09. The molecule has 0 bridgehead atoms. The Bertz CT molecular complexity index is 565. The van der Waals surface area contributed by atoms with E-state index in [1.165, 1.54) is 0 Å². The predicted molar refractivity (Wildman–Crippen MR) is 86.2 cm³/mol. The SMILES string of the molecule is CCOc1ccc(NCc2cc(Br)c(O)c(Br)c2)cn1. The van der Waals surface area contributed by atoms with E-state index in [-0.39, 0.29) is 5.75 Å². The molecule has 0 saturated heterocycles. The lowest BCUT2D eigenvalue weighted by atomic mass is 10.2. The zero-order valence-electron chi connectivity index (χ0n) is 10.9. The molecule has 0 spiro atoms. The van der Waals surface area contributed by atoms with E-state index in [4.69, 9.17) is 4.74 Å². The molecular formula is C14H14Br2N2O2. The number of nitrogens with one attached hydrogen (secondary N) is 1. The summed E-state index contributed by atoms with van der Waals surface area (Å²) in [5.74, 6) is 0.824. The van der Waals surface area contributed by atoms with Crippen molar-refractivity contribution in [2.75, 3.05) is 11.9 Å². The third-order valence-electron chi connectivity index (χ3n) is 2.60. The van der Waals surface area contributed by atoms with Crippen molar-refractivity contribution in [2.45, 2.75) is 13.5 Å². The Morgan fingerprint density at radius 2 is 1.95 bits per heavy atom. The molecule has 2 rings (SSSR count). The number of phenols is 1. The normalized spacial score (nSPS) is 10.3. The molecule has 1 heterocycles. The molecule has 1 aromatic carbocycles. The van der Waals surface area contributed by atoms with Gasteiger partial charge in [0.2, 0.25) is 5.88 Å². The largest absolute Gasteiger partial charge is 0.506 e. The topological polar surface area (TPSA) is 54.4 Å². The van der Waals surface area contributed by atoms with Crippen molar-refractivity contribution in [1.82, 2.24) is 4.98 Å². The van der Waals surface area contributed by atoms with Crippen LogP contribution in [0.4, 0.5) is 5.69 Å². The van der Waals surface area contributed by atoms with E-state index in [0.717, 1.165) is 11.3 Å². The summed E-state index contributed by atoms with van der Waals surface area (Å²) in [5, 5.41) is 12.9. The lowest BCUT2D eigenvalue weighted by molar-refractivity contribution is 0.327. The second-order valence-corrected chi connectivity index (χ2v) is 5.79. The molecule has 6 heteroatoms. The number of rotatable bonds is 5. The third kappa shape index (κ3) is 3.86. The number of benzene rings is 1. The molecule has 0 aliphatic rings. The quantitative estimate of drug-likeness (QED) is 0.783. The second-order valence-electron chi connectivity index (χ2n) is 4.08. The van der Waals surface area contributed by atoms with Crippen LogP contribution in [0.2, 0.25) is 0 Å². The molecule has 2 N–H and O–H groups in total. The van der Waals surface area contributed by atoms with Crippen LogP contribution in [0.25, 0.3) is 0 Å². The average molecular weight is 402 g/mol. The number of aromatic hydroxyl groups is 1. The Hall–Kier alpha value is -1.27. The summed E-state index contributed by atoms with van der Waals surface area (Å²) in [4.78, 5) is 4.19. The first-order valence-corrected chi connectivity index (χ1v) is 7.68. The number of anilines is 1. The molecule has 0 atom stereocenters. The van der Waals surface area contributed by atoms with E-state index < -0.39 is 0 Å². The highest BCUT2D eigenvalue weighted by molar-refractivity contribution is 9.11. The summed E-state index contributed by atoms with van der Waals surface area (Å²) in [6.45, 7) is 3.16. The van der Waals surface area contributed by atoms with E-state index in [2.05, 4.69) is 42.2 Å². The lowest BCUT2D eigenvalue weighted by Gasteiger charge is -2.09. The maximum Gasteiger partial charge on any atom is 0.213 e. The fourth-order valence-electron chi connectivity index (χ4n) is 1.64. The number of halogens is 2. The molecule has 106 valence electrons. The van der Waals surface area contributed by atoms with Gasteiger partial charge in [0, 0.05) is 12.6 Å². The van der Waals surface area contributed by atoms with Crippen LogP contribution in [-0.4, -0.2) is 16.7 Å². The van der Waals surface area contributed by atoms with Gasteiger partial charge in [-0.1, -0.05) is 0 Å². The number of pyridine rings is 1. The van der Waals surface area contributed by atoms with Crippen LogP contribution in [0.3, 0.4) is 0 Å². The van der Waals surface area contributed by atoms with Crippen molar-refractivity contribution in [2.24, 2.45) is 0 Å². The second kappa shape index (κ2) is 6.95. The molecule has 0 unspecified atom stereocenters. The zero-order valence-corrected chi connectivity index (χ0v) is 14.0. The van der Waals surface area contributed by atoms with E-state index in [1.54, 1.807) is 6.20 Å². The maximum absolute atomic E-state index is 9.66. The molecule has 0 radical (unpaired) electrons. The summed E-state index contributed by atoms with van der Waals surface area (Å²) < 4.78 is 6.61. The van der Waals surface area contributed by atoms with Gasteiger partial charge >= 0.3 is 0 Å². The van der Waals surface area contributed by atoms with Crippen molar-refractivity contribution in [3.8, 4) is 11.6 Å². The van der Waals surface area contributed by atoms with Crippen molar-refractivity contribution < 1.29 is 9.84 Å². The molecule has 0 saturated carbocycles. The van der Waals surface area contributed by atoms with E-state index in [0.29, 0.717) is 28.0 Å². The molecule has 0 aliphatic carbocycles. The smallest absolute Gasteiger partial charge is 0.213 e. The first kappa shape index (κ1) is 15.1. The number of phenolic OH excluding ortho intramolecular Hbond substituents is 1. The van der Waals surface area contributed by atoms with Gasteiger partial charge in [-0.2, -0.15) is 0 Å². The Morgan fingerprint density at radius 1 is 1.25 bits per heavy atom. The summed E-state index contributed by atoms with van der Waals surface area (Å²) >= 11 is 6.63. The zero-order chi connectivity index (χ0) is 14.5. The minimum absolute atomic E-state index is 0.205. The molecule has 0 fully saturated rings. The van der Waals surface area contributed by atoms with Crippen LogP contribution in [0.1, 0.15) is 12.5 Å².